The van der Waals surface area contributed by atoms with E-state index in [1.165, 1.54) is 12.3 Å². The van der Waals surface area contributed by atoms with Crippen molar-refractivity contribution in [2.24, 2.45) is 0 Å². The number of rotatable bonds is 2. The van der Waals surface area contributed by atoms with Crippen LogP contribution in [0.15, 0.2) is 11.5 Å². The van der Waals surface area contributed by atoms with Crippen molar-refractivity contribution in [2.75, 3.05) is 0 Å². The first-order chi connectivity index (χ1) is 4.48. The maximum atomic E-state index is 11.1. The minimum atomic E-state index is -2.51. The first-order valence-electron chi connectivity index (χ1n) is 2.76. The molecule has 10 heavy (non-hydrogen) atoms. The van der Waals surface area contributed by atoms with Crippen LogP contribution < -0.4 is 4.72 Å². The highest BCUT2D eigenvalue weighted by molar-refractivity contribution is 8.01. The van der Waals surface area contributed by atoms with Gasteiger partial charge in [-0.1, -0.05) is 6.08 Å². The van der Waals surface area contributed by atoms with Crippen LogP contribution >= 0.6 is 0 Å². The molecule has 0 saturated heterocycles. The van der Waals surface area contributed by atoms with Crippen molar-refractivity contribution < 1.29 is 9.00 Å². The maximum Gasteiger partial charge on any atom is 0.228 e. The fraction of sp³-hybridized carbons (Fsp3) is 0.333. The Hall–Kier alpha value is -0.770. The fourth-order valence-corrected chi connectivity index (χ4v) is 1.49. The summed E-state index contributed by atoms with van der Waals surface area (Å²) in [6.07, 6.45) is 1.59. The smallest absolute Gasteiger partial charge is 0.228 e. The van der Waals surface area contributed by atoms with Crippen LogP contribution in [0.4, 0.5) is 0 Å². The quantitative estimate of drug-likeness (QED) is 0.591. The van der Waals surface area contributed by atoms with E-state index >= 15 is 0 Å². The number of carbonyl (C=O) groups is 1. The van der Waals surface area contributed by atoms with Crippen LogP contribution in [0.1, 0.15) is 13.8 Å². The summed E-state index contributed by atoms with van der Waals surface area (Å²) < 4.78 is 13.3. The summed E-state index contributed by atoms with van der Waals surface area (Å²) in [6, 6.07) is 0. The van der Waals surface area contributed by atoms with Gasteiger partial charge in [-0.3, -0.25) is 9.52 Å². The molecule has 0 radical (unpaired) electrons. The van der Waals surface area contributed by atoms with E-state index in [0.29, 0.717) is 0 Å². The first-order valence-corrected chi connectivity index (χ1v) is 4.55. The maximum absolute atomic E-state index is 11.1. The lowest BCUT2D eigenvalue weighted by molar-refractivity contribution is -0.117. The lowest BCUT2D eigenvalue weighted by Crippen LogP contribution is -2.25. The van der Waals surface area contributed by atoms with Gasteiger partial charge in [-0.15, -0.1) is 0 Å². The van der Waals surface area contributed by atoms with Crippen molar-refractivity contribution in [2.45, 2.75) is 13.8 Å². The molecule has 1 unspecified atom stereocenters. The van der Waals surface area contributed by atoms with E-state index < -0.39 is 9.71 Å². The van der Waals surface area contributed by atoms with Gasteiger partial charge in [-0.05, 0) is 12.8 Å². The number of nitrogens with one attached hydrogen (secondary N) is 1. The molecule has 0 bridgehead atoms. The molecule has 1 amide bonds. The van der Waals surface area contributed by atoms with Gasteiger partial charge < -0.3 is 0 Å². The molecule has 4 heteroatoms. The van der Waals surface area contributed by atoms with Crippen LogP contribution in [-0.2, 0) is 14.5 Å². The molecule has 0 aromatic heterocycles. The van der Waals surface area contributed by atoms with E-state index in [1.54, 1.807) is 13.0 Å². The van der Waals surface area contributed by atoms with E-state index in [2.05, 4.69) is 10.6 Å². The van der Waals surface area contributed by atoms with Gasteiger partial charge in [0.15, 0.2) is 0 Å². The summed E-state index contributed by atoms with van der Waals surface area (Å²) >= 11 is 0. The van der Waals surface area contributed by atoms with Gasteiger partial charge in [0.05, 0.1) is 9.71 Å². The number of hydrogen-bond acceptors (Lipinski definition) is 2. The molecule has 0 aliphatic heterocycles. The topological polar surface area (TPSA) is 46.2 Å². The molecule has 0 aromatic carbocycles. The molecule has 1 atom stereocenters. The van der Waals surface area contributed by atoms with Crippen LogP contribution in [0, 0.1) is 0 Å². The van der Waals surface area contributed by atoms with Crippen molar-refractivity contribution in [3.8, 4) is 0 Å². The van der Waals surface area contributed by atoms with Gasteiger partial charge >= 0.3 is 0 Å². The average molecular weight is 161 g/mol. The van der Waals surface area contributed by atoms with E-state index in [9.17, 15) is 9.00 Å². The second-order valence-electron chi connectivity index (χ2n) is 1.85. The predicted molar refractivity (Wildman–Crippen MR) is 43.9 cm³/mol. The predicted octanol–water partition coefficient (Wildman–Crippen LogP) is 0.287. The van der Waals surface area contributed by atoms with Gasteiger partial charge in [0, 0.05) is 12.3 Å². The number of hydrogen-bond donors (Lipinski definition) is 1. The summed E-state index contributed by atoms with van der Waals surface area (Å²) in [6.45, 7) is 3.01. The Morgan fingerprint density at radius 1 is 1.70 bits per heavy atom. The van der Waals surface area contributed by atoms with Crippen LogP contribution in [0.3, 0.4) is 0 Å². The summed E-state index contributed by atoms with van der Waals surface area (Å²) in [5.74, 6) is 2.97. The van der Waals surface area contributed by atoms with Gasteiger partial charge in [-0.2, -0.15) is 0 Å². The number of carbonyl (C=O) groups excluding carboxylic acids is 1. The largest absolute Gasteiger partial charge is 0.280 e. The van der Waals surface area contributed by atoms with Crippen LogP contribution in [-0.4, -0.2) is 16.0 Å². The van der Waals surface area contributed by atoms with Gasteiger partial charge in [-0.25, -0.2) is 4.21 Å². The third kappa shape index (κ3) is 4.14. The van der Waals surface area contributed by atoms with Crippen molar-refractivity contribution in [1.29, 1.82) is 0 Å². The van der Waals surface area contributed by atoms with Crippen molar-refractivity contribution in [3.63, 3.8) is 0 Å². The molecule has 0 aliphatic rings. The minimum absolute atomic E-state index is 0.335. The van der Waals surface area contributed by atoms with Gasteiger partial charge in [0.25, 0.3) is 0 Å². The standard InChI is InChI=1S/C6H11NO2S/c1-4-5-10(3,9)7-6(2)8/h4-5H,3H2,1-2H3,(H,7,8,9). The monoisotopic (exact) mass is 161 g/mol. The molecule has 0 aromatic rings. The van der Waals surface area contributed by atoms with E-state index in [0.717, 1.165) is 0 Å². The summed E-state index contributed by atoms with van der Waals surface area (Å²) in [5, 5.41) is 1.37. The summed E-state index contributed by atoms with van der Waals surface area (Å²) in [7, 11) is -2.51. The average Bonchev–Trinajstić information content (AvgIpc) is 1.59. The van der Waals surface area contributed by atoms with Crippen LogP contribution in [0.2, 0.25) is 0 Å². The normalized spacial score (nSPS) is 16.6. The lowest BCUT2D eigenvalue weighted by Gasteiger charge is -2.01. The highest BCUT2D eigenvalue weighted by atomic mass is 32.2. The lowest BCUT2D eigenvalue weighted by atomic mass is 10.8. The van der Waals surface area contributed by atoms with E-state index in [1.807, 2.05) is 0 Å². The Labute approximate surface area is 61.3 Å². The molecule has 0 fully saturated rings. The Morgan fingerprint density at radius 2 is 2.20 bits per heavy atom. The zero-order chi connectivity index (χ0) is 8.20. The van der Waals surface area contributed by atoms with Crippen LogP contribution in [0.5, 0.6) is 0 Å². The third-order valence-corrected chi connectivity index (χ3v) is 2.02. The fourth-order valence-electron chi connectivity index (χ4n) is 0.497. The Balaban J connectivity index is 4.30. The second-order valence-corrected chi connectivity index (χ2v) is 3.78. The van der Waals surface area contributed by atoms with Crippen LogP contribution in [0.25, 0.3) is 0 Å². The highest BCUT2D eigenvalue weighted by Crippen LogP contribution is 1.85. The molecule has 3 nitrogen and oxygen atoms in total. The van der Waals surface area contributed by atoms with E-state index in [4.69, 9.17) is 0 Å². The molecule has 0 spiro atoms. The van der Waals surface area contributed by atoms with Crippen molar-refractivity contribution >= 4 is 21.5 Å². The molecular weight excluding hydrogens is 150 g/mol. The third-order valence-electron chi connectivity index (χ3n) is 0.672. The van der Waals surface area contributed by atoms with Crippen molar-refractivity contribution in [3.05, 3.63) is 11.5 Å². The molecule has 0 saturated carbocycles. The van der Waals surface area contributed by atoms with Gasteiger partial charge in [0.1, 0.15) is 0 Å². The Kier molecular flexibility index (Phi) is 3.15. The molecule has 0 rings (SSSR count). The molecule has 1 N–H and O–H groups in total. The molecule has 0 heterocycles. The zero-order valence-electron chi connectivity index (χ0n) is 6.09. The second kappa shape index (κ2) is 3.41. The Morgan fingerprint density at radius 3 is 2.50 bits per heavy atom. The SMILES string of the molecule is C=S(=O)(C=CC)NC(C)=O. The van der Waals surface area contributed by atoms with Crippen molar-refractivity contribution in [1.82, 2.24) is 4.72 Å². The molecule has 58 valence electrons. The van der Waals surface area contributed by atoms with Gasteiger partial charge in [0.2, 0.25) is 5.91 Å². The summed E-state index contributed by atoms with van der Waals surface area (Å²) in [5.41, 5.74) is 0. The molecular formula is C6H11NO2S. The highest BCUT2D eigenvalue weighted by Gasteiger charge is 1.97. The number of amides is 1. The summed E-state index contributed by atoms with van der Waals surface area (Å²) in [4.78, 5) is 10.4. The zero-order valence-corrected chi connectivity index (χ0v) is 6.90. The minimum Gasteiger partial charge on any atom is -0.280 e. The Bertz CT molecular complexity index is 238. The van der Waals surface area contributed by atoms with E-state index in [-0.39, 0.29) is 5.91 Å². The first kappa shape index (κ1) is 9.23. The molecule has 0 aliphatic carbocycles. The number of allylic oxidation sites excluding steroid dienone is 1.